The molecule has 0 aromatic carbocycles. The van der Waals surface area contributed by atoms with E-state index in [9.17, 15) is 4.79 Å². The van der Waals surface area contributed by atoms with Crippen molar-refractivity contribution in [2.24, 2.45) is 5.73 Å². The summed E-state index contributed by atoms with van der Waals surface area (Å²) in [5.74, 6) is -0.00769. The number of nitrogens with two attached hydrogens (primary N) is 1. The van der Waals surface area contributed by atoms with E-state index >= 15 is 0 Å². The second kappa shape index (κ2) is 17.5. The summed E-state index contributed by atoms with van der Waals surface area (Å²) < 4.78 is 5.26. The second-order valence-electron chi connectivity index (χ2n) is 6.00. The number of carbonyl (C=O) groups excluding carboxylic acids is 1. The van der Waals surface area contributed by atoms with Crippen LogP contribution in [0.3, 0.4) is 0 Å². The zero-order valence-electron chi connectivity index (χ0n) is 14.2. The summed E-state index contributed by atoms with van der Waals surface area (Å²) in [4.78, 5) is 11.5. The van der Waals surface area contributed by atoms with Crippen molar-refractivity contribution < 1.29 is 9.53 Å². The lowest BCUT2D eigenvalue weighted by molar-refractivity contribution is -0.143. The van der Waals surface area contributed by atoms with Crippen LogP contribution in [0.25, 0.3) is 0 Å². The van der Waals surface area contributed by atoms with Crippen LogP contribution in [0, 0.1) is 0 Å². The molecule has 3 nitrogen and oxygen atoms in total. The van der Waals surface area contributed by atoms with Crippen molar-refractivity contribution in [1.29, 1.82) is 0 Å². The molecular formula is C18H37NO2. The predicted molar refractivity (Wildman–Crippen MR) is 90.3 cm³/mol. The van der Waals surface area contributed by atoms with Crippen LogP contribution in [-0.2, 0) is 9.53 Å². The van der Waals surface area contributed by atoms with Crippen LogP contribution in [0.1, 0.15) is 96.8 Å². The summed E-state index contributed by atoms with van der Waals surface area (Å²) in [5, 5.41) is 0. The van der Waals surface area contributed by atoms with Gasteiger partial charge in [-0.15, -0.1) is 0 Å². The molecular weight excluding hydrogens is 262 g/mol. The second-order valence-corrected chi connectivity index (χ2v) is 6.00. The molecule has 0 radical (unpaired) electrons. The van der Waals surface area contributed by atoms with Crippen LogP contribution in [0.5, 0.6) is 0 Å². The van der Waals surface area contributed by atoms with E-state index in [0.29, 0.717) is 13.0 Å². The Bertz CT molecular complexity index is 219. The molecule has 0 aromatic rings. The SMILES string of the molecule is CCCCCCCCOC(=O)CCCCCCCCCN. The molecule has 0 atom stereocenters. The lowest BCUT2D eigenvalue weighted by atomic mass is 10.1. The Hall–Kier alpha value is -0.570. The van der Waals surface area contributed by atoms with E-state index in [1.54, 1.807) is 0 Å². The van der Waals surface area contributed by atoms with E-state index in [1.165, 1.54) is 57.8 Å². The monoisotopic (exact) mass is 299 g/mol. The van der Waals surface area contributed by atoms with Crippen molar-refractivity contribution in [3.63, 3.8) is 0 Å². The molecule has 0 aliphatic rings. The maximum atomic E-state index is 11.5. The molecule has 126 valence electrons. The molecule has 3 heteroatoms. The molecule has 0 aromatic heterocycles. The van der Waals surface area contributed by atoms with E-state index < -0.39 is 0 Å². The first-order valence-electron chi connectivity index (χ1n) is 9.17. The van der Waals surface area contributed by atoms with Gasteiger partial charge in [0.05, 0.1) is 6.61 Å². The predicted octanol–water partition coefficient (Wildman–Crippen LogP) is 4.97. The van der Waals surface area contributed by atoms with E-state index in [0.717, 1.165) is 32.2 Å². The maximum Gasteiger partial charge on any atom is 0.305 e. The largest absolute Gasteiger partial charge is 0.466 e. The van der Waals surface area contributed by atoms with E-state index in [4.69, 9.17) is 10.5 Å². The number of esters is 1. The molecule has 0 spiro atoms. The summed E-state index contributed by atoms with van der Waals surface area (Å²) in [6.45, 7) is 3.65. The Labute approximate surface area is 132 Å². The van der Waals surface area contributed by atoms with Gasteiger partial charge in [0.25, 0.3) is 0 Å². The highest BCUT2D eigenvalue weighted by atomic mass is 16.5. The Morgan fingerprint density at radius 1 is 0.762 bits per heavy atom. The van der Waals surface area contributed by atoms with Gasteiger partial charge in [0, 0.05) is 6.42 Å². The first-order chi connectivity index (χ1) is 10.3. The van der Waals surface area contributed by atoms with E-state index in [1.807, 2.05) is 0 Å². The smallest absolute Gasteiger partial charge is 0.305 e. The number of hydrogen-bond acceptors (Lipinski definition) is 3. The Balaban J connectivity index is 3.13. The molecule has 2 N–H and O–H groups in total. The van der Waals surface area contributed by atoms with Gasteiger partial charge >= 0.3 is 5.97 Å². The van der Waals surface area contributed by atoms with Crippen LogP contribution < -0.4 is 5.73 Å². The summed E-state index contributed by atoms with van der Waals surface area (Å²) in [6.07, 6.45) is 16.3. The zero-order valence-corrected chi connectivity index (χ0v) is 14.2. The highest BCUT2D eigenvalue weighted by molar-refractivity contribution is 5.69. The molecule has 0 aliphatic carbocycles. The van der Waals surface area contributed by atoms with Crippen LogP contribution in [-0.4, -0.2) is 19.1 Å². The average Bonchev–Trinajstić information content (AvgIpc) is 2.49. The lowest BCUT2D eigenvalue weighted by Gasteiger charge is -2.05. The third-order valence-electron chi connectivity index (χ3n) is 3.85. The Morgan fingerprint density at radius 2 is 1.29 bits per heavy atom. The quantitative estimate of drug-likeness (QED) is 0.323. The minimum atomic E-state index is -0.00769. The lowest BCUT2D eigenvalue weighted by Crippen LogP contribution is -2.05. The number of ether oxygens (including phenoxy) is 1. The van der Waals surface area contributed by atoms with Gasteiger partial charge in [-0.05, 0) is 25.8 Å². The highest BCUT2D eigenvalue weighted by Gasteiger charge is 2.02. The van der Waals surface area contributed by atoms with Crippen LogP contribution in [0.4, 0.5) is 0 Å². The fraction of sp³-hybridized carbons (Fsp3) is 0.944. The Kier molecular flexibility index (Phi) is 17.0. The van der Waals surface area contributed by atoms with Gasteiger partial charge < -0.3 is 10.5 Å². The molecule has 0 saturated heterocycles. The number of unbranched alkanes of at least 4 members (excludes halogenated alkanes) is 11. The summed E-state index contributed by atoms with van der Waals surface area (Å²) >= 11 is 0. The third kappa shape index (κ3) is 17.4. The summed E-state index contributed by atoms with van der Waals surface area (Å²) in [6, 6.07) is 0. The van der Waals surface area contributed by atoms with Crippen molar-refractivity contribution in [2.45, 2.75) is 96.8 Å². The first-order valence-corrected chi connectivity index (χ1v) is 9.17. The standard InChI is InChI=1S/C18H37NO2/c1-2-3-4-5-11-14-17-21-18(20)15-12-9-7-6-8-10-13-16-19/h2-17,19H2,1H3. The third-order valence-corrected chi connectivity index (χ3v) is 3.85. The summed E-state index contributed by atoms with van der Waals surface area (Å²) in [5.41, 5.74) is 5.45. The van der Waals surface area contributed by atoms with Gasteiger partial charge in [-0.2, -0.15) is 0 Å². The molecule has 0 bridgehead atoms. The normalized spacial score (nSPS) is 10.8. The van der Waals surface area contributed by atoms with Crippen molar-refractivity contribution >= 4 is 5.97 Å². The van der Waals surface area contributed by atoms with Crippen LogP contribution in [0.2, 0.25) is 0 Å². The molecule has 0 unspecified atom stereocenters. The van der Waals surface area contributed by atoms with Gasteiger partial charge in [-0.1, -0.05) is 71.1 Å². The molecule has 0 amide bonds. The average molecular weight is 299 g/mol. The Morgan fingerprint density at radius 3 is 1.90 bits per heavy atom. The van der Waals surface area contributed by atoms with Crippen molar-refractivity contribution in [1.82, 2.24) is 0 Å². The van der Waals surface area contributed by atoms with Crippen molar-refractivity contribution in [3.8, 4) is 0 Å². The maximum absolute atomic E-state index is 11.5. The minimum absolute atomic E-state index is 0.00769. The van der Waals surface area contributed by atoms with Crippen molar-refractivity contribution in [3.05, 3.63) is 0 Å². The van der Waals surface area contributed by atoms with E-state index in [2.05, 4.69) is 6.92 Å². The van der Waals surface area contributed by atoms with Crippen LogP contribution >= 0.6 is 0 Å². The molecule has 0 aliphatic heterocycles. The fourth-order valence-electron chi connectivity index (χ4n) is 2.44. The molecule has 0 fully saturated rings. The molecule has 0 heterocycles. The fourth-order valence-corrected chi connectivity index (χ4v) is 2.44. The van der Waals surface area contributed by atoms with Crippen molar-refractivity contribution in [2.75, 3.05) is 13.2 Å². The first kappa shape index (κ1) is 20.4. The van der Waals surface area contributed by atoms with Gasteiger partial charge in [0.2, 0.25) is 0 Å². The zero-order chi connectivity index (χ0) is 15.6. The van der Waals surface area contributed by atoms with Gasteiger partial charge in [0.15, 0.2) is 0 Å². The van der Waals surface area contributed by atoms with Gasteiger partial charge in [-0.3, -0.25) is 4.79 Å². The van der Waals surface area contributed by atoms with Crippen LogP contribution in [0.15, 0.2) is 0 Å². The van der Waals surface area contributed by atoms with Gasteiger partial charge in [0.1, 0.15) is 0 Å². The molecule has 0 saturated carbocycles. The number of rotatable bonds is 16. The molecule has 0 rings (SSSR count). The van der Waals surface area contributed by atoms with Gasteiger partial charge in [-0.25, -0.2) is 0 Å². The molecule has 21 heavy (non-hydrogen) atoms. The topological polar surface area (TPSA) is 52.3 Å². The number of carbonyl (C=O) groups is 1. The summed E-state index contributed by atoms with van der Waals surface area (Å²) in [7, 11) is 0. The number of hydrogen-bond donors (Lipinski definition) is 1. The van der Waals surface area contributed by atoms with E-state index in [-0.39, 0.29) is 5.97 Å². The minimum Gasteiger partial charge on any atom is -0.466 e. The highest BCUT2D eigenvalue weighted by Crippen LogP contribution is 2.09.